The van der Waals surface area contributed by atoms with E-state index >= 15 is 0 Å². The van der Waals surface area contributed by atoms with Crippen LogP contribution in [0.1, 0.15) is 13.8 Å². The number of hydrogen-bond acceptors (Lipinski definition) is 3. The van der Waals surface area contributed by atoms with Gasteiger partial charge in [-0.2, -0.15) is 0 Å². The zero-order valence-electron chi connectivity index (χ0n) is 7.64. The van der Waals surface area contributed by atoms with Gasteiger partial charge >= 0.3 is 5.97 Å². The highest BCUT2D eigenvalue weighted by Crippen LogP contribution is 2.29. The first-order chi connectivity index (χ1) is 6.35. The molecular formula is C9H8Cl2O3. The molecule has 0 aliphatic heterocycles. The molecule has 0 fully saturated rings. The molecule has 14 heavy (non-hydrogen) atoms. The largest absolute Gasteiger partial charge is 0.447 e. The lowest BCUT2D eigenvalue weighted by Crippen LogP contribution is -2.39. The van der Waals surface area contributed by atoms with Gasteiger partial charge in [0.2, 0.25) is 5.78 Å². The minimum absolute atomic E-state index is 0.0405. The number of Topliss-reactive ketones (excluding diaryl/α,β-unsaturated/α-hetero) is 1. The smallest absolute Gasteiger partial charge is 0.303 e. The summed E-state index contributed by atoms with van der Waals surface area (Å²) in [7, 11) is 0. The number of rotatable bonds is 1. The first-order valence-electron chi connectivity index (χ1n) is 3.85. The molecule has 1 aliphatic carbocycles. The van der Waals surface area contributed by atoms with E-state index in [9.17, 15) is 9.59 Å². The molecule has 1 unspecified atom stereocenters. The fourth-order valence-electron chi connectivity index (χ4n) is 1.17. The summed E-state index contributed by atoms with van der Waals surface area (Å²) < 4.78 is 4.86. The maximum absolute atomic E-state index is 11.5. The van der Waals surface area contributed by atoms with E-state index in [1.165, 1.54) is 26.0 Å². The van der Waals surface area contributed by atoms with Crippen molar-refractivity contribution < 1.29 is 14.3 Å². The predicted molar refractivity (Wildman–Crippen MR) is 53.1 cm³/mol. The van der Waals surface area contributed by atoms with Gasteiger partial charge in [0.25, 0.3) is 0 Å². The Balaban J connectivity index is 3.06. The van der Waals surface area contributed by atoms with Crippen molar-refractivity contribution in [3.8, 4) is 0 Å². The lowest BCUT2D eigenvalue weighted by molar-refractivity contribution is -0.157. The SMILES string of the molecule is CC(=O)OC1(C)C=C(Cl)C=C(Cl)C1=O. The van der Waals surface area contributed by atoms with Crippen molar-refractivity contribution in [1.82, 2.24) is 0 Å². The molecule has 0 amide bonds. The fraction of sp³-hybridized carbons (Fsp3) is 0.333. The topological polar surface area (TPSA) is 43.4 Å². The number of allylic oxidation sites excluding steroid dienone is 2. The van der Waals surface area contributed by atoms with E-state index in [1.54, 1.807) is 0 Å². The van der Waals surface area contributed by atoms with E-state index in [1.807, 2.05) is 0 Å². The maximum Gasteiger partial charge on any atom is 0.303 e. The van der Waals surface area contributed by atoms with Gasteiger partial charge in [-0.3, -0.25) is 9.59 Å². The lowest BCUT2D eigenvalue weighted by Gasteiger charge is -2.26. The van der Waals surface area contributed by atoms with Gasteiger partial charge in [0, 0.05) is 12.0 Å². The molecule has 1 aliphatic rings. The number of carbonyl (C=O) groups is 2. The number of carbonyl (C=O) groups excluding carboxylic acids is 2. The Labute approximate surface area is 91.3 Å². The van der Waals surface area contributed by atoms with Crippen LogP contribution >= 0.6 is 23.2 Å². The van der Waals surface area contributed by atoms with Gasteiger partial charge in [-0.25, -0.2) is 0 Å². The monoisotopic (exact) mass is 234 g/mol. The quantitative estimate of drug-likeness (QED) is 0.654. The van der Waals surface area contributed by atoms with Crippen LogP contribution in [0.2, 0.25) is 0 Å². The minimum atomic E-state index is -1.38. The highest BCUT2D eigenvalue weighted by molar-refractivity contribution is 6.46. The van der Waals surface area contributed by atoms with Gasteiger partial charge in [0.05, 0.1) is 5.03 Å². The second kappa shape index (κ2) is 3.75. The van der Waals surface area contributed by atoms with E-state index < -0.39 is 17.4 Å². The van der Waals surface area contributed by atoms with Crippen LogP contribution < -0.4 is 0 Å². The molecule has 0 saturated carbocycles. The van der Waals surface area contributed by atoms with E-state index in [0.29, 0.717) is 0 Å². The Morgan fingerprint density at radius 2 is 2.07 bits per heavy atom. The molecule has 0 aromatic rings. The van der Waals surface area contributed by atoms with Crippen molar-refractivity contribution in [2.45, 2.75) is 19.4 Å². The number of ether oxygens (including phenoxy) is 1. The molecule has 0 bridgehead atoms. The third-order valence-electron chi connectivity index (χ3n) is 1.70. The summed E-state index contributed by atoms with van der Waals surface area (Å²) in [6, 6.07) is 0. The Hall–Kier alpha value is -0.800. The summed E-state index contributed by atoms with van der Waals surface area (Å²) >= 11 is 11.3. The van der Waals surface area contributed by atoms with Crippen molar-refractivity contribution in [3.05, 3.63) is 22.2 Å². The van der Waals surface area contributed by atoms with Crippen molar-refractivity contribution in [1.29, 1.82) is 0 Å². The summed E-state index contributed by atoms with van der Waals surface area (Å²) in [6.45, 7) is 2.65. The first-order valence-corrected chi connectivity index (χ1v) is 4.61. The molecule has 0 spiro atoms. The van der Waals surface area contributed by atoms with Crippen LogP contribution in [0.3, 0.4) is 0 Å². The highest BCUT2D eigenvalue weighted by Gasteiger charge is 2.38. The van der Waals surface area contributed by atoms with Crippen LogP contribution in [0.4, 0.5) is 0 Å². The second-order valence-electron chi connectivity index (χ2n) is 3.05. The lowest BCUT2D eigenvalue weighted by atomic mass is 9.95. The van der Waals surface area contributed by atoms with Crippen LogP contribution in [0.25, 0.3) is 0 Å². The summed E-state index contributed by atoms with van der Waals surface area (Å²) in [5.74, 6) is -1.04. The third-order valence-corrected chi connectivity index (χ3v) is 2.20. The van der Waals surface area contributed by atoms with Gasteiger partial charge in [-0.1, -0.05) is 23.2 Å². The average molecular weight is 235 g/mol. The predicted octanol–water partition coefficient (Wildman–Crippen LogP) is 2.14. The molecule has 3 nitrogen and oxygen atoms in total. The molecule has 1 rings (SSSR count). The Kier molecular flexibility index (Phi) is 3.02. The van der Waals surface area contributed by atoms with E-state index in [2.05, 4.69) is 0 Å². The van der Waals surface area contributed by atoms with Crippen LogP contribution in [0.15, 0.2) is 22.2 Å². The highest BCUT2D eigenvalue weighted by atomic mass is 35.5. The molecule has 76 valence electrons. The van der Waals surface area contributed by atoms with Gasteiger partial charge in [0.1, 0.15) is 0 Å². The Morgan fingerprint density at radius 3 is 2.57 bits per heavy atom. The van der Waals surface area contributed by atoms with Crippen LogP contribution in [0.5, 0.6) is 0 Å². The van der Waals surface area contributed by atoms with E-state index in [0.717, 1.165) is 0 Å². The van der Waals surface area contributed by atoms with Crippen molar-refractivity contribution in [2.24, 2.45) is 0 Å². The van der Waals surface area contributed by atoms with Crippen LogP contribution in [0, 0.1) is 0 Å². The second-order valence-corrected chi connectivity index (χ2v) is 3.89. The average Bonchev–Trinajstić information content (AvgIpc) is 1.98. The maximum atomic E-state index is 11.5. The van der Waals surface area contributed by atoms with Crippen LogP contribution in [-0.2, 0) is 14.3 Å². The summed E-state index contributed by atoms with van der Waals surface area (Å²) in [5.41, 5.74) is -1.38. The fourth-order valence-corrected chi connectivity index (χ4v) is 1.85. The van der Waals surface area contributed by atoms with Gasteiger partial charge in [-0.15, -0.1) is 0 Å². The molecule has 0 saturated heterocycles. The molecule has 0 heterocycles. The standard InChI is InChI=1S/C9H8Cl2O3/c1-5(12)14-9(2)4-6(10)3-7(11)8(9)13/h3-4H,1-2H3. The van der Waals surface area contributed by atoms with Crippen molar-refractivity contribution in [2.75, 3.05) is 0 Å². The summed E-state index contributed by atoms with van der Waals surface area (Å²) in [4.78, 5) is 22.3. The number of ketones is 1. The number of halogens is 2. The molecule has 0 aromatic carbocycles. The Morgan fingerprint density at radius 1 is 1.50 bits per heavy atom. The molecular weight excluding hydrogens is 227 g/mol. The number of esters is 1. The van der Waals surface area contributed by atoms with Gasteiger partial charge in [0.15, 0.2) is 5.60 Å². The van der Waals surface area contributed by atoms with Gasteiger partial charge in [-0.05, 0) is 19.1 Å². The molecule has 0 aromatic heterocycles. The van der Waals surface area contributed by atoms with Crippen molar-refractivity contribution >= 4 is 35.0 Å². The normalized spacial score (nSPS) is 26.7. The summed E-state index contributed by atoms with van der Waals surface area (Å²) in [6.07, 6.45) is 2.67. The first kappa shape index (κ1) is 11.3. The number of hydrogen-bond donors (Lipinski definition) is 0. The van der Waals surface area contributed by atoms with E-state index in [-0.39, 0.29) is 10.1 Å². The van der Waals surface area contributed by atoms with Crippen molar-refractivity contribution in [3.63, 3.8) is 0 Å². The van der Waals surface area contributed by atoms with Gasteiger partial charge < -0.3 is 4.74 Å². The van der Waals surface area contributed by atoms with Crippen LogP contribution in [-0.4, -0.2) is 17.4 Å². The molecule has 5 heteroatoms. The molecule has 0 radical (unpaired) electrons. The third kappa shape index (κ3) is 2.16. The van der Waals surface area contributed by atoms with E-state index in [4.69, 9.17) is 27.9 Å². The summed E-state index contributed by atoms with van der Waals surface area (Å²) in [5, 5.41) is 0.236. The molecule has 1 atom stereocenters. The Bertz CT molecular complexity index is 357. The minimum Gasteiger partial charge on any atom is -0.447 e. The molecule has 0 N–H and O–H groups in total. The zero-order valence-corrected chi connectivity index (χ0v) is 9.15. The zero-order chi connectivity index (χ0) is 10.9.